The van der Waals surface area contributed by atoms with E-state index in [2.05, 4.69) is 42.2 Å². The van der Waals surface area contributed by atoms with Crippen molar-refractivity contribution in [3.63, 3.8) is 0 Å². The van der Waals surface area contributed by atoms with Crippen LogP contribution in [0.5, 0.6) is 0 Å². The van der Waals surface area contributed by atoms with Gasteiger partial charge in [-0.25, -0.2) is 0 Å². The number of aliphatic hydroxyl groups excluding tert-OH is 1. The Bertz CT molecular complexity index is 271. The second-order valence-electron chi connectivity index (χ2n) is 4.31. The maximum Gasteiger partial charge on any atom is 0.0524 e. The molecule has 1 aromatic rings. The first-order valence-electron chi connectivity index (χ1n) is 6.16. The van der Waals surface area contributed by atoms with E-state index < -0.39 is 0 Å². The predicted octanol–water partition coefficient (Wildman–Crippen LogP) is 2.32. The van der Waals surface area contributed by atoms with Crippen molar-refractivity contribution in [2.45, 2.75) is 32.8 Å². The molecule has 0 saturated heterocycles. The van der Waals surface area contributed by atoms with Gasteiger partial charge < -0.3 is 10.0 Å². The fraction of sp³-hybridized carbons (Fsp3) is 0.571. The zero-order valence-electron chi connectivity index (χ0n) is 10.4. The highest BCUT2D eigenvalue weighted by Gasteiger charge is 2.04. The van der Waals surface area contributed by atoms with Crippen molar-refractivity contribution in [1.29, 1.82) is 0 Å². The van der Waals surface area contributed by atoms with Crippen LogP contribution in [0.4, 0.5) is 0 Å². The molecule has 1 aromatic carbocycles. The van der Waals surface area contributed by atoms with Crippen molar-refractivity contribution in [3.8, 4) is 0 Å². The predicted molar refractivity (Wildman–Crippen MR) is 68.6 cm³/mol. The molecule has 0 spiro atoms. The van der Waals surface area contributed by atoms with E-state index in [1.54, 1.807) is 0 Å². The molecule has 0 bridgehead atoms. The van der Waals surface area contributed by atoms with Crippen LogP contribution in [0.3, 0.4) is 0 Å². The Morgan fingerprint density at radius 3 is 2.44 bits per heavy atom. The van der Waals surface area contributed by atoms with E-state index in [-0.39, 0.29) is 6.10 Å². The molecule has 0 aliphatic rings. The monoisotopic (exact) mass is 221 g/mol. The lowest BCUT2D eigenvalue weighted by atomic mass is 10.1. The lowest BCUT2D eigenvalue weighted by molar-refractivity contribution is 0.158. The van der Waals surface area contributed by atoms with Crippen LogP contribution in [0.15, 0.2) is 30.3 Å². The number of rotatable bonds is 7. The minimum atomic E-state index is -0.189. The Kier molecular flexibility index (Phi) is 6.12. The molecule has 90 valence electrons. The number of nitrogens with zero attached hydrogens (tertiary/aromatic N) is 1. The van der Waals surface area contributed by atoms with Gasteiger partial charge in [0.2, 0.25) is 0 Å². The molecule has 2 nitrogen and oxygen atoms in total. The summed E-state index contributed by atoms with van der Waals surface area (Å²) < 4.78 is 0. The van der Waals surface area contributed by atoms with Gasteiger partial charge in [0.05, 0.1) is 6.10 Å². The lowest BCUT2D eigenvalue weighted by Gasteiger charge is -2.21. The van der Waals surface area contributed by atoms with Crippen molar-refractivity contribution >= 4 is 0 Å². The van der Waals surface area contributed by atoms with Crippen LogP contribution in [0, 0.1) is 0 Å². The molecule has 0 amide bonds. The van der Waals surface area contributed by atoms with E-state index >= 15 is 0 Å². The van der Waals surface area contributed by atoms with Crippen molar-refractivity contribution in [1.82, 2.24) is 4.90 Å². The molecule has 2 heteroatoms. The summed E-state index contributed by atoms with van der Waals surface area (Å²) in [5, 5.41) is 9.26. The van der Waals surface area contributed by atoms with Gasteiger partial charge in [0.1, 0.15) is 0 Å². The first-order valence-corrected chi connectivity index (χ1v) is 6.16. The topological polar surface area (TPSA) is 23.5 Å². The summed E-state index contributed by atoms with van der Waals surface area (Å²) in [4.78, 5) is 2.39. The average Bonchev–Trinajstić information content (AvgIpc) is 2.30. The van der Waals surface area contributed by atoms with Crippen LogP contribution >= 0.6 is 0 Å². The van der Waals surface area contributed by atoms with Crippen molar-refractivity contribution in [3.05, 3.63) is 35.9 Å². The highest BCUT2D eigenvalue weighted by Crippen LogP contribution is 2.02. The molecular weight excluding hydrogens is 198 g/mol. The smallest absolute Gasteiger partial charge is 0.0524 e. The van der Waals surface area contributed by atoms with E-state index in [9.17, 15) is 5.11 Å². The third kappa shape index (κ3) is 5.29. The van der Waals surface area contributed by atoms with Crippen LogP contribution in [0.25, 0.3) is 0 Å². The number of likely N-dealkylation sites (N-methyl/N-ethyl adjacent to an activating group) is 1. The number of hydrogen-bond acceptors (Lipinski definition) is 2. The molecule has 1 atom stereocenters. The Balaban J connectivity index is 2.28. The van der Waals surface area contributed by atoms with Gasteiger partial charge in [-0.1, -0.05) is 37.3 Å². The van der Waals surface area contributed by atoms with Crippen molar-refractivity contribution in [2.24, 2.45) is 0 Å². The van der Waals surface area contributed by atoms with Crippen LogP contribution in [0.1, 0.15) is 25.8 Å². The van der Waals surface area contributed by atoms with Crippen LogP contribution in [-0.4, -0.2) is 35.7 Å². The van der Waals surface area contributed by atoms with E-state index in [0.717, 1.165) is 32.5 Å². The van der Waals surface area contributed by atoms with E-state index in [1.807, 2.05) is 6.92 Å². The number of aliphatic hydroxyl groups is 1. The van der Waals surface area contributed by atoms with Gasteiger partial charge in [-0.3, -0.25) is 0 Å². The summed E-state index contributed by atoms with van der Waals surface area (Å²) >= 11 is 0. The van der Waals surface area contributed by atoms with Crippen molar-refractivity contribution in [2.75, 3.05) is 19.6 Å². The second kappa shape index (κ2) is 7.42. The summed E-state index contributed by atoms with van der Waals surface area (Å²) in [7, 11) is 0. The minimum Gasteiger partial charge on any atom is -0.393 e. The SMILES string of the molecule is CCN(CCc1ccccc1)CCC(C)O. The van der Waals surface area contributed by atoms with Crippen LogP contribution < -0.4 is 0 Å². The van der Waals surface area contributed by atoms with Gasteiger partial charge in [-0.2, -0.15) is 0 Å². The average molecular weight is 221 g/mol. The second-order valence-corrected chi connectivity index (χ2v) is 4.31. The van der Waals surface area contributed by atoms with Gasteiger partial charge in [-0.05, 0) is 31.9 Å². The highest BCUT2D eigenvalue weighted by molar-refractivity contribution is 5.14. The maximum absolute atomic E-state index is 9.26. The minimum absolute atomic E-state index is 0.189. The first-order chi connectivity index (χ1) is 7.72. The molecular formula is C14H23NO. The zero-order chi connectivity index (χ0) is 11.8. The molecule has 1 rings (SSSR count). The van der Waals surface area contributed by atoms with Gasteiger partial charge in [0.15, 0.2) is 0 Å². The van der Waals surface area contributed by atoms with Gasteiger partial charge >= 0.3 is 0 Å². The zero-order valence-corrected chi connectivity index (χ0v) is 10.4. The Morgan fingerprint density at radius 2 is 1.88 bits per heavy atom. The summed E-state index contributed by atoms with van der Waals surface area (Å²) in [5.74, 6) is 0. The molecule has 16 heavy (non-hydrogen) atoms. The summed E-state index contributed by atoms with van der Waals surface area (Å²) in [5.41, 5.74) is 1.39. The van der Waals surface area contributed by atoms with Gasteiger partial charge in [0.25, 0.3) is 0 Å². The fourth-order valence-corrected chi connectivity index (χ4v) is 1.73. The number of benzene rings is 1. The molecule has 0 radical (unpaired) electrons. The normalized spacial score (nSPS) is 13.0. The fourth-order valence-electron chi connectivity index (χ4n) is 1.73. The molecule has 0 aliphatic heterocycles. The maximum atomic E-state index is 9.26. The Hall–Kier alpha value is -0.860. The van der Waals surface area contributed by atoms with Crippen LogP contribution in [0.2, 0.25) is 0 Å². The molecule has 1 N–H and O–H groups in total. The van der Waals surface area contributed by atoms with E-state index in [1.165, 1.54) is 5.56 Å². The molecule has 0 aromatic heterocycles. The van der Waals surface area contributed by atoms with E-state index in [0.29, 0.717) is 0 Å². The Morgan fingerprint density at radius 1 is 1.19 bits per heavy atom. The van der Waals surface area contributed by atoms with Crippen molar-refractivity contribution < 1.29 is 5.11 Å². The molecule has 0 fully saturated rings. The van der Waals surface area contributed by atoms with Gasteiger partial charge in [-0.15, -0.1) is 0 Å². The third-order valence-corrected chi connectivity index (χ3v) is 2.87. The number of hydrogen-bond donors (Lipinski definition) is 1. The van der Waals surface area contributed by atoms with Crippen LogP contribution in [-0.2, 0) is 6.42 Å². The lowest BCUT2D eigenvalue weighted by Crippen LogP contribution is -2.28. The Labute approximate surface area is 98.9 Å². The quantitative estimate of drug-likeness (QED) is 0.764. The van der Waals surface area contributed by atoms with Gasteiger partial charge in [0, 0.05) is 13.1 Å². The highest BCUT2D eigenvalue weighted by atomic mass is 16.3. The summed E-state index contributed by atoms with van der Waals surface area (Å²) in [6, 6.07) is 10.6. The largest absolute Gasteiger partial charge is 0.393 e. The third-order valence-electron chi connectivity index (χ3n) is 2.87. The molecule has 0 aliphatic carbocycles. The summed E-state index contributed by atoms with van der Waals surface area (Å²) in [6.07, 6.45) is 1.77. The standard InChI is InChI=1S/C14H23NO/c1-3-15(11-9-13(2)16)12-10-14-7-5-4-6-8-14/h4-8,13,16H,3,9-12H2,1-2H3. The molecule has 0 heterocycles. The molecule has 0 saturated carbocycles. The first kappa shape index (κ1) is 13.2. The summed E-state index contributed by atoms with van der Waals surface area (Å²) in [6.45, 7) is 7.14. The molecule has 1 unspecified atom stereocenters. The van der Waals surface area contributed by atoms with E-state index in [4.69, 9.17) is 0 Å².